The van der Waals surface area contributed by atoms with Crippen LogP contribution in [0, 0.1) is 28.4 Å². The number of hydrogen-bond donors (Lipinski definition) is 1. The van der Waals surface area contributed by atoms with Crippen molar-refractivity contribution in [3.63, 3.8) is 0 Å². The van der Waals surface area contributed by atoms with Gasteiger partial charge in [0.05, 0.1) is 25.1 Å². The first-order valence-electron chi connectivity index (χ1n) is 9.26. The Balaban J connectivity index is 2.53. The Morgan fingerprint density at radius 2 is 1.93 bits per heavy atom. The van der Waals surface area contributed by atoms with Crippen LogP contribution in [0.15, 0.2) is 30.9 Å². The van der Waals surface area contributed by atoms with Gasteiger partial charge >= 0.3 is 0 Å². The van der Waals surface area contributed by atoms with Crippen molar-refractivity contribution in [3.05, 3.63) is 58.2 Å². The quantitative estimate of drug-likeness (QED) is 0.205. The molecule has 158 valence electrons. The fourth-order valence-electron chi connectivity index (χ4n) is 2.94. The molecule has 0 aliphatic heterocycles. The zero-order valence-electron chi connectivity index (χ0n) is 16.5. The molecular formula is C20H20Br2N4O4. The number of non-ortho nitro benzene ring substituents is 1. The lowest BCUT2D eigenvalue weighted by Crippen LogP contribution is -2.25. The molecule has 0 radical (unpaired) electrons. The highest BCUT2D eigenvalue weighted by Gasteiger charge is 2.19. The van der Waals surface area contributed by atoms with Gasteiger partial charge in [-0.2, -0.15) is 5.26 Å². The number of pyridine rings is 1. The van der Waals surface area contributed by atoms with Crippen molar-refractivity contribution in [1.82, 2.24) is 4.57 Å². The van der Waals surface area contributed by atoms with Crippen molar-refractivity contribution >= 4 is 49.4 Å². The lowest BCUT2D eigenvalue weighted by atomic mass is 10.1. The number of nitrogens with zero attached hydrogens (tertiary/aromatic N) is 4. The summed E-state index contributed by atoms with van der Waals surface area (Å²) in [4.78, 5) is 27.4. The molecule has 0 spiro atoms. The SMILES string of the molecule is CCCCCCn1c(O)c(C=Nc2c(Br)cc([N+](=O)[O-])cc2Br)c(C)c(C#N)c1=O. The van der Waals surface area contributed by atoms with Gasteiger partial charge in [0.1, 0.15) is 11.6 Å². The molecule has 0 fully saturated rings. The molecule has 1 heterocycles. The molecule has 1 aromatic heterocycles. The summed E-state index contributed by atoms with van der Waals surface area (Å²) in [5.74, 6) is -0.258. The van der Waals surface area contributed by atoms with Gasteiger partial charge in [-0.3, -0.25) is 24.5 Å². The van der Waals surface area contributed by atoms with E-state index in [4.69, 9.17) is 0 Å². The summed E-state index contributed by atoms with van der Waals surface area (Å²) in [6.45, 7) is 3.94. The number of hydrogen-bond acceptors (Lipinski definition) is 6. The van der Waals surface area contributed by atoms with Gasteiger partial charge in [0.15, 0.2) is 0 Å². The highest BCUT2D eigenvalue weighted by atomic mass is 79.9. The summed E-state index contributed by atoms with van der Waals surface area (Å²) in [6.07, 6.45) is 5.01. The minimum absolute atomic E-state index is 0.0495. The zero-order valence-corrected chi connectivity index (χ0v) is 19.7. The summed E-state index contributed by atoms with van der Waals surface area (Å²) in [6, 6.07) is 4.55. The number of aromatic hydroxyl groups is 1. The molecule has 0 amide bonds. The number of halogens is 2. The van der Waals surface area contributed by atoms with Crippen molar-refractivity contribution in [2.24, 2.45) is 4.99 Å². The van der Waals surface area contributed by atoms with Crippen LogP contribution in [0.25, 0.3) is 0 Å². The van der Waals surface area contributed by atoms with Gasteiger partial charge in [0, 0.05) is 24.9 Å². The van der Waals surface area contributed by atoms with Crippen LogP contribution in [-0.4, -0.2) is 20.8 Å². The Hall–Kier alpha value is -2.51. The molecule has 2 aromatic rings. The van der Waals surface area contributed by atoms with E-state index in [0.717, 1.165) is 19.3 Å². The third-order valence-electron chi connectivity index (χ3n) is 4.62. The Kier molecular flexibility index (Phi) is 8.32. The molecule has 0 unspecified atom stereocenters. The zero-order chi connectivity index (χ0) is 22.4. The smallest absolute Gasteiger partial charge is 0.271 e. The number of aromatic nitrogens is 1. The molecule has 0 bridgehead atoms. The van der Waals surface area contributed by atoms with Gasteiger partial charge in [-0.15, -0.1) is 0 Å². The average Bonchev–Trinajstić information content (AvgIpc) is 2.69. The van der Waals surface area contributed by atoms with Crippen LogP contribution in [0.4, 0.5) is 11.4 Å². The highest BCUT2D eigenvalue weighted by Crippen LogP contribution is 2.37. The number of nitro benzene ring substituents is 1. The van der Waals surface area contributed by atoms with Gasteiger partial charge in [-0.25, -0.2) is 0 Å². The first-order chi connectivity index (χ1) is 14.2. The minimum atomic E-state index is -0.529. The standard InChI is InChI=1S/C20H20Br2N4O4/c1-3-4-5-6-7-25-19(27)14(10-23)12(2)15(20(25)28)11-24-18-16(21)8-13(26(29)30)9-17(18)22/h8-9,11,28H,3-7H2,1-2H3. The van der Waals surface area contributed by atoms with Gasteiger partial charge in [0.25, 0.3) is 11.2 Å². The Morgan fingerprint density at radius 3 is 2.47 bits per heavy atom. The van der Waals surface area contributed by atoms with Gasteiger partial charge in [0.2, 0.25) is 5.88 Å². The van der Waals surface area contributed by atoms with Crippen LogP contribution in [0.1, 0.15) is 49.3 Å². The maximum atomic E-state index is 12.6. The van der Waals surface area contributed by atoms with Gasteiger partial charge < -0.3 is 5.11 Å². The molecule has 0 aliphatic carbocycles. The molecule has 10 heteroatoms. The van der Waals surface area contributed by atoms with Crippen molar-refractivity contribution in [3.8, 4) is 11.9 Å². The molecule has 0 aliphatic rings. The predicted octanol–water partition coefficient (Wildman–Crippen LogP) is 5.50. The summed E-state index contributed by atoms with van der Waals surface area (Å²) in [7, 11) is 0. The van der Waals surface area contributed by atoms with E-state index >= 15 is 0 Å². The normalized spacial score (nSPS) is 11.0. The maximum Gasteiger partial charge on any atom is 0.271 e. The lowest BCUT2D eigenvalue weighted by Gasteiger charge is -2.14. The number of nitriles is 1. The molecule has 0 atom stereocenters. The third kappa shape index (κ3) is 5.15. The molecular weight excluding hydrogens is 520 g/mol. The number of benzene rings is 1. The topological polar surface area (TPSA) is 122 Å². The Bertz CT molecular complexity index is 1080. The van der Waals surface area contributed by atoms with E-state index in [1.165, 1.54) is 22.9 Å². The third-order valence-corrected chi connectivity index (χ3v) is 5.83. The van der Waals surface area contributed by atoms with Gasteiger partial charge in [-0.05, 0) is 50.8 Å². The second kappa shape index (κ2) is 10.5. The summed E-state index contributed by atoms with van der Waals surface area (Å²) in [5, 5.41) is 31.1. The van der Waals surface area contributed by atoms with Crippen LogP contribution in [-0.2, 0) is 6.54 Å². The van der Waals surface area contributed by atoms with Crippen molar-refractivity contribution in [2.75, 3.05) is 0 Å². The average molecular weight is 540 g/mol. The fourth-order valence-corrected chi connectivity index (χ4v) is 4.31. The van der Waals surface area contributed by atoms with E-state index in [1.807, 2.05) is 6.07 Å². The van der Waals surface area contributed by atoms with Gasteiger partial charge in [-0.1, -0.05) is 26.2 Å². The first kappa shape index (κ1) is 23.8. The molecule has 8 nitrogen and oxygen atoms in total. The van der Waals surface area contributed by atoms with Crippen molar-refractivity contribution in [2.45, 2.75) is 46.1 Å². The minimum Gasteiger partial charge on any atom is -0.494 e. The molecule has 1 aromatic carbocycles. The summed E-state index contributed by atoms with van der Waals surface area (Å²) < 4.78 is 1.96. The predicted molar refractivity (Wildman–Crippen MR) is 122 cm³/mol. The van der Waals surface area contributed by atoms with E-state index in [0.29, 0.717) is 33.2 Å². The van der Waals surface area contributed by atoms with Crippen molar-refractivity contribution < 1.29 is 10.0 Å². The molecule has 0 saturated carbocycles. The van der Waals surface area contributed by atoms with E-state index in [9.17, 15) is 25.3 Å². The highest BCUT2D eigenvalue weighted by molar-refractivity contribution is 9.11. The van der Waals surface area contributed by atoms with E-state index < -0.39 is 10.5 Å². The number of unbranched alkanes of at least 4 members (excludes halogenated alkanes) is 3. The molecule has 30 heavy (non-hydrogen) atoms. The monoisotopic (exact) mass is 538 g/mol. The van der Waals surface area contributed by atoms with Crippen LogP contribution >= 0.6 is 31.9 Å². The van der Waals surface area contributed by atoms with E-state index in [1.54, 1.807) is 6.92 Å². The van der Waals surface area contributed by atoms with Crippen LogP contribution in [0.5, 0.6) is 5.88 Å². The largest absolute Gasteiger partial charge is 0.494 e. The number of aliphatic imine (C=N–C) groups is 1. The first-order valence-corrected chi connectivity index (χ1v) is 10.8. The molecule has 1 N–H and O–H groups in total. The van der Waals surface area contributed by atoms with Crippen molar-refractivity contribution in [1.29, 1.82) is 5.26 Å². The van der Waals surface area contributed by atoms with E-state index in [-0.39, 0.29) is 22.7 Å². The molecule has 2 rings (SSSR count). The lowest BCUT2D eigenvalue weighted by molar-refractivity contribution is -0.385. The van der Waals surface area contributed by atoms with Crippen LogP contribution < -0.4 is 5.56 Å². The Labute approximate surface area is 190 Å². The molecule has 0 saturated heterocycles. The van der Waals surface area contributed by atoms with Crippen LogP contribution in [0.2, 0.25) is 0 Å². The second-order valence-corrected chi connectivity index (χ2v) is 8.35. The Morgan fingerprint density at radius 1 is 1.30 bits per heavy atom. The summed E-state index contributed by atoms with van der Waals surface area (Å²) >= 11 is 6.52. The van der Waals surface area contributed by atoms with Crippen LogP contribution in [0.3, 0.4) is 0 Å². The second-order valence-electron chi connectivity index (χ2n) is 6.64. The maximum absolute atomic E-state index is 12.6. The fraction of sp³-hybridized carbons (Fsp3) is 0.350. The number of nitro groups is 1. The summed E-state index contributed by atoms with van der Waals surface area (Å²) in [5.41, 5.74) is 0.254. The number of rotatable bonds is 8. The van der Waals surface area contributed by atoms with E-state index in [2.05, 4.69) is 43.8 Å².